The molecule has 0 saturated heterocycles. The first kappa shape index (κ1) is 12.3. The van der Waals surface area contributed by atoms with Crippen molar-refractivity contribution in [1.29, 1.82) is 0 Å². The van der Waals surface area contributed by atoms with Gasteiger partial charge < -0.3 is 5.11 Å². The number of allylic oxidation sites excluding steroid dienone is 3. The van der Waals surface area contributed by atoms with Gasteiger partial charge in [-0.25, -0.2) is 0 Å². The number of hydrogen-bond acceptors (Lipinski definition) is 1. The minimum Gasteiger partial charge on any atom is -0.507 e. The van der Waals surface area contributed by atoms with Crippen LogP contribution in [0.2, 0.25) is 0 Å². The van der Waals surface area contributed by atoms with Crippen molar-refractivity contribution in [2.75, 3.05) is 0 Å². The van der Waals surface area contributed by atoms with Gasteiger partial charge in [-0.3, -0.25) is 0 Å². The van der Waals surface area contributed by atoms with E-state index < -0.39 is 0 Å². The molecule has 1 N–H and O–H groups in total. The number of phenols is 1. The van der Waals surface area contributed by atoms with Gasteiger partial charge in [0.25, 0.3) is 0 Å². The molecule has 0 bridgehead atoms. The predicted molar refractivity (Wildman–Crippen MR) is 72.2 cm³/mol. The van der Waals surface area contributed by atoms with Crippen LogP contribution in [0.15, 0.2) is 31.9 Å². The van der Waals surface area contributed by atoms with Crippen LogP contribution in [-0.4, -0.2) is 5.11 Å². The van der Waals surface area contributed by atoms with Crippen molar-refractivity contribution >= 4 is 16.7 Å². The van der Waals surface area contributed by atoms with E-state index in [4.69, 9.17) is 0 Å². The van der Waals surface area contributed by atoms with Gasteiger partial charge >= 0.3 is 0 Å². The summed E-state index contributed by atoms with van der Waals surface area (Å²) in [5.41, 5.74) is 5.43. The van der Waals surface area contributed by atoms with Crippen molar-refractivity contribution in [3.63, 3.8) is 0 Å². The number of benzene rings is 1. The summed E-state index contributed by atoms with van der Waals surface area (Å²) in [6, 6.07) is 3.55. The standard InChI is InChI=1S/C15H18O/c1-9(2)12-7-8-13(16)15(11(5)6)14(12)10(3)4/h7-8,16H,1,3,5H2,2,4,6H3. The largest absolute Gasteiger partial charge is 0.507 e. The first-order chi connectivity index (χ1) is 7.36. The maximum Gasteiger partial charge on any atom is 0.123 e. The van der Waals surface area contributed by atoms with Gasteiger partial charge in [-0.05, 0) is 49.1 Å². The van der Waals surface area contributed by atoms with E-state index in [-0.39, 0.29) is 5.75 Å². The molecule has 0 aliphatic rings. The van der Waals surface area contributed by atoms with Gasteiger partial charge in [0.1, 0.15) is 5.75 Å². The smallest absolute Gasteiger partial charge is 0.123 e. The van der Waals surface area contributed by atoms with Gasteiger partial charge in [-0.1, -0.05) is 31.4 Å². The van der Waals surface area contributed by atoms with Gasteiger partial charge in [0, 0.05) is 5.56 Å². The summed E-state index contributed by atoms with van der Waals surface area (Å²) in [4.78, 5) is 0. The fraction of sp³-hybridized carbons (Fsp3) is 0.200. The van der Waals surface area contributed by atoms with E-state index >= 15 is 0 Å². The summed E-state index contributed by atoms with van der Waals surface area (Å²) < 4.78 is 0. The molecule has 0 fully saturated rings. The molecule has 0 aliphatic heterocycles. The lowest BCUT2D eigenvalue weighted by atomic mass is 9.89. The van der Waals surface area contributed by atoms with Gasteiger partial charge in [-0.2, -0.15) is 0 Å². The first-order valence-electron chi connectivity index (χ1n) is 5.19. The Labute approximate surface area is 97.4 Å². The zero-order chi connectivity index (χ0) is 12.5. The number of hydrogen-bond donors (Lipinski definition) is 1. The van der Waals surface area contributed by atoms with E-state index in [9.17, 15) is 5.11 Å². The lowest BCUT2D eigenvalue weighted by Gasteiger charge is -2.16. The molecular formula is C15H18O. The zero-order valence-electron chi connectivity index (χ0n) is 10.2. The zero-order valence-corrected chi connectivity index (χ0v) is 10.2. The van der Waals surface area contributed by atoms with Crippen LogP contribution in [0.3, 0.4) is 0 Å². The van der Waals surface area contributed by atoms with Crippen molar-refractivity contribution in [3.8, 4) is 5.75 Å². The molecular weight excluding hydrogens is 196 g/mol. The second kappa shape index (κ2) is 4.40. The molecule has 1 aromatic rings. The monoisotopic (exact) mass is 214 g/mol. The minimum absolute atomic E-state index is 0.246. The predicted octanol–water partition coefficient (Wildman–Crippen LogP) is 4.49. The van der Waals surface area contributed by atoms with Crippen LogP contribution in [0, 0.1) is 0 Å². The highest BCUT2D eigenvalue weighted by Crippen LogP contribution is 2.36. The summed E-state index contributed by atoms with van der Waals surface area (Å²) in [6.07, 6.45) is 0. The fourth-order valence-electron chi connectivity index (χ4n) is 1.82. The average molecular weight is 214 g/mol. The molecule has 1 aromatic carbocycles. The second-order valence-corrected chi connectivity index (χ2v) is 4.22. The Morgan fingerprint density at radius 3 is 1.75 bits per heavy atom. The number of rotatable bonds is 3. The molecule has 16 heavy (non-hydrogen) atoms. The lowest BCUT2D eigenvalue weighted by molar-refractivity contribution is 0.473. The topological polar surface area (TPSA) is 20.2 Å². The molecule has 0 atom stereocenters. The Bertz CT molecular complexity index is 478. The van der Waals surface area contributed by atoms with Gasteiger partial charge in [0.05, 0.1) is 0 Å². The SMILES string of the molecule is C=C(C)c1ccc(O)c(C(=C)C)c1C(=C)C. The molecule has 1 rings (SSSR count). The number of aromatic hydroxyl groups is 1. The van der Waals surface area contributed by atoms with Crippen LogP contribution in [0.1, 0.15) is 37.5 Å². The Hall–Kier alpha value is -1.76. The highest BCUT2D eigenvalue weighted by atomic mass is 16.3. The maximum atomic E-state index is 9.89. The van der Waals surface area contributed by atoms with E-state index in [0.717, 1.165) is 33.4 Å². The molecule has 84 valence electrons. The van der Waals surface area contributed by atoms with Gasteiger partial charge in [0.15, 0.2) is 0 Å². The summed E-state index contributed by atoms with van der Waals surface area (Å²) in [7, 11) is 0. The van der Waals surface area contributed by atoms with Gasteiger partial charge in [-0.15, -0.1) is 0 Å². The number of phenolic OH excluding ortho intramolecular Hbond substituents is 1. The molecule has 0 amide bonds. The summed E-state index contributed by atoms with van der Waals surface area (Å²) in [5.74, 6) is 0.246. The van der Waals surface area contributed by atoms with Crippen LogP contribution in [0.25, 0.3) is 16.7 Å². The molecule has 0 saturated carbocycles. The van der Waals surface area contributed by atoms with E-state index in [1.807, 2.05) is 26.8 Å². The summed E-state index contributed by atoms with van der Waals surface area (Å²) in [6.45, 7) is 17.6. The Balaban J connectivity index is 3.70. The summed E-state index contributed by atoms with van der Waals surface area (Å²) >= 11 is 0. The van der Waals surface area contributed by atoms with E-state index in [0.29, 0.717) is 0 Å². The molecule has 0 aliphatic carbocycles. The molecule has 0 spiro atoms. The van der Waals surface area contributed by atoms with Crippen LogP contribution in [0.5, 0.6) is 5.75 Å². The average Bonchev–Trinajstić information content (AvgIpc) is 2.15. The quantitative estimate of drug-likeness (QED) is 0.785. The molecule has 0 radical (unpaired) electrons. The van der Waals surface area contributed by atoms with E-state index in [2.05, 4.69) is 19.7 Å². The third-order valence-electron chi connectivity index (χ3n) is 2.50. The summed E-state index contributed by atoms with van der Waals surface area (Å²) in [5, 5.41) is 9.89. The van der Waals surface area contributed by atoms with E-state index in [1.54, 1.807) is 6.07 Å². The van der Waals surface area contributed by atoms with Crippen molar-refractivity contribution in [3.05, 3.63) is 48.6 Å². The molecule has 1 nitrogen and oxygen atoms in total. The molecule has 0 heterocycles. The Kier molecular flexibility index (Phi) is 3.38. The van der Waals surface area contributed by atoms with E-state index in [1.165, 1.54) is 0 Å². The molecule has 0 aromatic heterocycles. The molecule has 1 heteroatoms. The van der Waals surface area contributed by atoms with Crippen LogP contribution in [0.4, 0.5) is 0 Å². The van der Waals surface area contributed by atoms with Crippen molar-refractivity contribution in [2.45, 2.75) is 20.8 Å². The van der Waals surface area contributed by atoms with Crippen LogP contribution >= 0.6 is 0 Å². The van der Waals surface area contributed by atoms with Crippen LogP contribution in [-0.2, 0) is 0 Å². The minimum atomic E-state index is 0.246. The maximum absolute atomic E-state index is 9.89. The fourth-order valence-corrected chi connectivity index (χ4v) is 1.82. The Morgan fingerprint density at radius 1 is 0.875 bits per heavy atom. The Morgan fingerprint density at radius 2 is 1.38 bits per heavy atom. The normalized spacial score (nSPS) is 9.94. The third kappa shape index (κ3) is 2.08. The molecule has 0 unspecified atom stereocenters. The van der Waals surface area contributed by atoms with Crippen molar-refractivity contribution in [2.24, 2.45) is 0 Å². The third-order valence-corrected chi connectivity index (χ3v) is 2.50. The van der Waals surface area contributed by atoms with Crippen LogP contribution < -0.4 is 0 Å². The first-order valence-corrected chi connectivity index (χ1v) is 5.19. The van der Waals surface area contributed by atoms with Gasteiger partial charge in [0.2, 0.25) is 0 Å². The second-order valence-electron chi connectivity index (χ2n) is 4.22. The van der Waals surface area contributed by atoms with Crippen molar-refractivity contribution in [1.82, 2.24) is 0 Å². The highest BCUT2D eigenvalue weighted by molar-refractivity contribution is 5.87. The highest BCUT2D eigenvalue weighted by Gasteiger charge is 2.14. The lowest BCUT2D eigenvalue weighted by Crippen LogP contribution is -1.95. The van der Waals surface area contributed by atoms with Crippen molar-refractivity contribution < 1.29 is 5.11 Å².